The Bertz CT molecular complexity index is 803. The summed E-state index contributed by atoms with van der Waals surface area (Å²) < 4.78 is 0. The van der Waals surface area contributed by atoms with Gasteiger partial charge in [0.05, 0.1) is 5.41 Å². The highest BCUT2D eigenvalue weighted by Gasteiger charge is 2.48. The molecule has 25 heavy (non-hydrogen) atoms. The van der Waals surface area contributed by atoms with Crippen LogP contribution in [0.3, 0.4) is 0 Å². The van der Waals surface area contributed by atoms with Crippen LogP contribution in [-0.4, -0.2) is 40.0 Å². The average Bonchev–Trinajstić information content (AvgIpc) is 3.23. The van der Waals surface area contributed by atoms with Gasteiger partial charge in [-0.2, -0.15) is 0 Å². The van der Waals surface area contributed by atoms with Gasteiger partial charge in [-0.25, -0.2) is 4.98 Å². The van der Waals surface area contributed by atoms with Crippen molar-refractivity contribution < 1.29 is 14.7 Å². The molecule has 0 aliphatic carbocycles. The third-order valence-corrected chi connectivity index (χ3v) is 6.08. The summed E-state index contributed by atoms with van der Waals surface area (Å²) in [7, 11) is 0. The summed E-state index contributed by atoms with van der Waals surface area (Å²) in [5.41, 5.74) is 0.391. The molecular weight excluding hydrogens is 360 g/mol. The lowest BCUT2D eigenvalue weighted by atomic mass is 9.76. The van der Waals surface area contributed by atoms with Crippen LogP contribution in [0.4, 0.5) is 0 Å². The number of benzene rings is 1. The first-order chi connectivity index (χ1) is 11.8. The summed E-state index contributed by atoms with van der Waals surface area (Å²) in [6.45, 7) is 4.46. The van der Waals surface area contributed by atoms with Crippen molar-refractivity contribution in [3.05, 3.63) is 40.4 Å². The van der Waals surface area contributed by atoms with E-state index in [4.69, 9.17) is 11.6 Å². The molecule has 1 aromatic carbocycles. The number of halogens is 1. The van der Waals surface area contributed by atoms with Gasteiger partial charge in [-0.05, 0) is 24.5 Å². The van der Waals surface area contributed by atoms with Crippen LogP contribution in [-0.2, 0) is 4.79 Å². The van der Waals surface area contributed by atoms with Crippen LogP contribution in [0, 0.1) is 11.3 Å². The first kappa shape index (κ1) is 17.9. The fourth-order valence-corrected chi connectivity index (χ4v) is 4.08. The third kappa shape index (κ3) is 3.28. The Balaban J connectivity index is 1.79. The molecule has 1 fully saturated rings. The molecule has 1 aliphatic rings. The quantitative estimate of drug-likeness (QED) is 0.871. The number of hydrogen-bond donors (Lipinski definition) is 1. The van der Waals surface area contributed by atoms with Gasteiger partial charge >= 0.3 is 5.97 Å². The van der Waals surface area contributed by atoms with Crippen LogP contribution in [0.5, 0.6) is 0 Å². The highest BCUT2D eigenvalue weighted by atomic mass is 35.5. The van der Waals surface area contributed by atoms with Crippen molar-refractivity contribution in [3.63, 3.8) is 0 Å². The zero-order chi connectivity index (χ0) is 18.2. The molecule has 132 valence electrons. The van der Waals surface area contributed by atoms with Crippen molar-refractivity contribution >= 4 is 34.8 Å². The van der Waals surface area contributed by atoms with Gasteiger partial charge in [0.25, 0.3) is 5.91 Å². The monoisotopic (exact) mass is 378 g/mol. The maximum Gasteiger partial charge on any atom is 0.311 e. The zero-order valence-electron chi connectivity index (χ0n) is 14.0. The van der Waals surface area contributed by atoms with Crippen LogP contribution < -0.4 is 0 Å². The molecule has 1 atom stereocenters. The Morgan fingerprint density at radius 2 is 2.00 bits per heavy atom. The van der Waals surface area contributed by atoms with E-state index in [0.717, 1.165) is 10.6 Å². The van der Waals surface area contributed by atoms with E-state index < -0.39 is 11.4 Å². The van der Waals surface area contributed by atoms with Crippen molar-refractivity contribution in [2.24, 2.45) is 11.3 Å². The molecule has 7 heteroatoms. The number of carboxylic acids is 1. The molecule has 0 spiro atoms. The summed E-state index contributed by atoms with van der Waals surface area (Å²) in [6, 6.07) is 7.28. The maximum atomic E-state index is 12.7. The predicted octanol–water partition coefficient (Wildman–Crippen LogP) is 4.04. The fraction of sp³-hybridized carbons (Fsp3) is 0.389. The molecule has 2 heterocycles. The SMILES string of the molecule is CC(C)C1(C(=O)O)CCN(C(=O)c2csc(-c3ccc(Cl)cc3)n2)C1. The van der Waals surface area contributed by atoms with Gasteiger partial charge in [-0.1, -0.05) is 37.6 Å². The number of likely N-dealkylation sites (tertiary alicyclic amines) is 1. The van der Waals surface area contributed by atoms with Crippen molar-refractivity contribution in [1.29, 1.82) is 0 Å². The standard InChI is InChI=1S/C18H19ClN2O3S/c1-11(2)18(17(23)24)7-8-21(10-18)16(22)14-9-25-15(20-14)12-3-5-13(19)6-4-12/h3-6,9,11H,7-8,10H2,1-2H3,(H,23,24). The minimum atomic E-state index is -0.870. The molecule has 1 aliphatic heterocycles. The second-order valence-corrected chi connectivity index (χ2v) is 7.93. The molecule has 1 N–H and O–H groups in total. The molecular formula is C18H19ClN2O3S. The molecule has 1 aromatic heterocycles. The number of nitrogens with zero attached hydrogens (tertiary/aromatic N) is 2. The molecule has 2 aromatic rings. The number of amides is 1. The van der Waals surface area contributed by atoms with E-state index in [0.29, 0.717) is 23.7 Å². The number of hydrogen-bond acceptors (Lipinski definition) is 4. The number of aliphatic carboxylic acids is 1. The van der Waals surface area contributed by atoms with Gasteiger partial charge < -0.3 is 10.0 Å². The van der Waals surface area contributed by atoms with Crippen LogP contribution in [0.1, 0.15) is 30.8 Å². The van der Waals surface area contributed by atoms with Crippen molar-refractivity contribution in [2.45, 2.75) is 20.3 Å². The lowest BCUT2D eigenvalue weighted by molar-refractivity contribution is -0.150. The zero-order valence-corrected chi connectivity index (χ0v) is 15.6. The number of carbonyl (C=O) groups is 2. The molecule has 5 nitrogen and oxygen atoms in total. The summed E-state index contributed by atoms with van der Waals surface area (Å²) >= 11 is 7.28. The Morgan fingerprint density at radius 3 is 2.56 bits per heavy atom. The molecule has 3 rings (SSSR count). The van der Waals surface area contributed by atoms with Crippen molar-refractivity contribution in [1.82, 2.24) is 9.88 Å². The lowest BCUT2D eigenvalue weighted by Crippen LogP contribution is -2.40. The summed E-state index contributed by atoms with van der Waals surface area (Å²) in [5, 5.41) is 12.7. The van der Waals surface area contributed by atoms with Crippen molar-refractivity contribution in [3.8, 4) is 10.6 Å². The Morgan fingerprint density at radius 1 is 1.32 bits per heavy atom. The molecule has 0 bridgehead atoms. The summed E-state index contributed by atoms with van der Waals surface area (Å²) in [5.74, 6) is -1.08. The van der Waals surface area contributed by atoms with Crippen LogP contribution >= 0.6 is 22.9 Å². The molecule has 0 radical (unpaired) electrons. The third-order valence-electron chi connectivity index (χ3n) is 4.93. The number of rotatable bonds is 4. The van der Waals surface area contributed by atoms with E-state index in [1.54, 1.807) is 22.4 Å². The van der Waals surface area contributed by atoms with Gasteiger partial charge in [0.1, 0.15) is 10.7 Å². The second-order valence-electron chi connectivity index (χ2n) is 6.64. The van der Waals surface area contributed by atoms with Gasteiger partial charge in [-0.15, -0.1) is 11.3 Å². The van der Waals surface area contributed by atoms with E-state index in [1.807, 2.05) is 26.0 Å². The minimum absolute atomic E-state index is 0.0390. The highest BCUT2D eigenvalue weighted by molar-refractivity contribution is 7.13. The number of carboxylic acid groups (broad SMARTS) is 1. The van der Waals surface area contributed by atoms with E-state index >= 15 is 0 Å². The summed E-state index contributed by atoms with van der Waals surface area (Å²) in [4.78, 5) is 30.5. The number of aromatic nitrogens is 1. The smallest absolute Gasteiger partial charge is 0.311 e. The Labute approximate surface area is 155 Å². The molecule has 1 saturated heterocycles. The van der Waals surface area contributed by atoms with Gasteiger partial charge in [-0.3, -0.25) is 9.59 Å². The van der Waals surface area contributed by atoms with Crippen LogP contribution in [0.15, 0.2) is 29.6 Å². The lowest BCUT2D eigenvalue weighted by Gasteiger charge is -2.28. The van der Waals surface area contributed by atoms with E-state index in [2.05, 4.69) is 4.98 Å². The summed E-state index contributed by atoms with van der Waals surface area (Å²) in [6.07, 6.45) is 0.472. The minimum Gasteiger partial charge on any atom is -0.481 e. The molecule has 1 amide bonds. The van der Waals surface area contributed by atoms with Crippen LogP contribution in [0.25, 0.3) is 10.6 Å². The Kier molecular flexibility index (Phi) is 4.84. The van der Waals surface area contributed by atoms with Gasteiger partial charge in [0, 0.05) is 29.1 Å². The number of carbonyl (C=O) groups excluding carboxylic acids is 1. The normalized spacial score (nSPS) is 20.2. The predicted molar refractivity (Wildman–Crippen MR) is 98.0 cm³/mol. The number of thiazole rings is 1. The maximum absolute atomic E-state index is 12.7. The molecule has 0 saturated carbocycles. The fourth-order valence-electron chi connectivity index (χ4n) is 3.16. The average molecular weight is 379 g/mol. The largest absolute Gasteiger partial charge is 0.481 e. The van der Waals surface area contributed by atoms with E-state index in [-0.39, 0.29) is 18.4 Å². The first-order valence-corrected chi connectivity index (χ1v) is 9.33. The highest BCUT2D eigenvalue weighted by Crippen LogP contribution is 2.39. The van der Waals surface area contributed by atoms with E-state index in [1.165, 1.54) is 11.3 Å². The van der Waals surface area contributed by atoms with Crippen molar-refractivity contribution in [2.75, 3.05) is 13.1 Å². The molecule has 1 unspecified atom stereocenters. The Hall–Kier alpha value is -1.92. The van der Waals surface area contributed by atoms with Gasteiger partial charge in [0.15, 0.2) is 0 Å². The first-order valence-electron chi connectivity index (χ1n) is 8.07. The van der Waals surface area contributed by atoms with Crippen LogP contribution in [0.2, 0.25) is 5.02 Å². The topological polar surface area (TPSA) is 70.5 Å². The van der Waals surface area contributed by atoms with E-state index in [9.17, 15) is 14.7 Å². The van der Waals surface area contributed by atoms with Gasteiger partial charge in [0.2, 0.25) is 0 Å². The second kappa shape index (κ2) is 6.77.